The van der Waals surface area contributed by atoms with Crippen LogP contribution in [0.4, 0.5) is 4.79 Å². The fourth-order valence-electron chi connectivity index (χ4n) is 4.76. The minimum Gasteiger partial charge on any atom is -0.496 e. The molecule has 0 spiro atoms. The number of carbonyl (C=O) groups excluding carboxylic acids is 3. The molecule has 0 radical (unpaired) electrons. The van der Waals surface area contributed by atoms with Crippen LogP contribution in [0.5, 0.6) is 5.75 Å². The Morgan fingerprint density at radius 3 is 2.25 bits per heavy atom. The van der Waals surface area contributed by atoms with Crippen LogP contribution in [0.25, 0.3) is 0 Å². The summed E-state index contributed by atoms with van der Waals surface area (Å²) in [5.41, 5.74) is 6.89. The molecular weight excluding hydrogens is 460 g/mol. The largest absolute Gasteiger partial charge is 0.496 e. The van der Waals surface area contributed by atoms with E-state index in [2.05, 4.69) is 5.32 Å². The number of rotatable bonds is 8. The van der Waals surface area contributed by atoms with Gasteiger partial charge in [-0.1, -0.05) is 42.5 Å². The molecule has 2 aromatic carbocycles. The number of esters is 1. The number of nitrogens with one attached hydrogen (secondary N) is 1. The molecule has 1 aliphatic carbocycles. The molecule has 1 unspecified atom stereocenters. The molecule has 0 saturated heterocycles. The van der Waals surface area contributed by atoms with Gasteiger partial charge in [0.1, 0.15) is 24.0 Å². The van der Waals surface area contributed by atoms with Gasteiger partial charge in [-0.3, -0.25) is 9.59 Å². The van der Waals surface area contributed by atoms with E-state index in [1.807, 2.05) is 36.4 Å². The van der Waals surface area contributed by atoms with E-state index in [-0.39, 0.29) is 18.4 Å². The van der Waals surface area contributed by atoms with Crippen molar-refractivity contribution in [3.63, 3.8) is 0 Å². The first kappa shape index (κ1) is 27.2. The van der Waals surface area contributed by atoms with Gasteiger partial charge >= 0.3 is 12.1 Å². The summed E-state index contributed by atoms with van der Waals surface area (Å²) in [6.07, 6.45) is 1.15. The highest BCUT2D eigenvalue weighted by atomic mass is 16.6. The zero-order valence-corrected chi connectivity index (χ0v) is 21.4. The number of methoxy groups -OCH3 is 1. The minimum atomic E-state index is -0.807. The zero-order chi connectivity index (χ0) is 26.3. The number of nitrogens with two attached hydrogens (primary N) is 1. The van der Waals surface area contributed by atoms with Crippen LogP contribution in [0.15, 0.2) is 54.6 Å². The molecule has 8 nitrogen and oxygen atoms in total. The molecular formula is C28H36N2O6. The third-order valence-corrected chi connectivity index (χ3v) is 6.49. The summed E-state index contributed by atoms with van der Waals surface area (Å²) in [5, 5.41) is 2.45. The van der Waals surface area contributed by atoms with Gasteiger partial charge in [-0.2, -0.15) is 0 Å². The number of ketones is 1. The average Bonchev–Trinajstić information content (AvgIpc) is 2.86. The Bertz CT molecular complexity index is 1060. The van der Waals surface area contributed by atoms with E-state index in [0.717, 1.165) is 5.56 Å². The number of hydrogen-bond acceptors (Lipinski definition) is 7. The molecule has 1 saturated carbocycles. The summed E-state index contributed by atoms with van der Waals surface area (Å²) < 4.78 is 16.1. The van der Waals surface area contributed by atoms with E-state index in [4.69, 9.17) is 19.9 Å². The summed E-state index contributed by atoms with van der Waals surface area (Å²) in [6, 6.07) is 16.0. The van der Waals surface area contributed by atoms with Crippen LogP contribution in [0.3, 0.4) is 0 Å². The molecule has 2 aromatic rings. The fourth-order valence-corrected chi connectivity index (χ4v) is 4.76. The summed E-state index contributed by atoms with van der Waals surface area (Å²) >= 11 is 0. The van der Waals surface area contributed by atoms with Gasteiger partial charge in [0, 0.05) is 5.41 Å². The van der Waals surface area contributed by atoms with E-state index in [1.54, 1.807) is 39.0 Å². The number of carbonyl (C=O) groups is 3. The normalized spacial score (nSPS) is 20.6. The molecule has 0 aliphatic heterocycles. The van der Waals surface area contributed by atoms with Crippen molar-refractivity contribution in [2.45, 2.75) is 69.6 Å². The third-order valence-electron chi connectivity index (χ3n) is 6.49. The molecule has 0 aromatic heterocycles. The lowest BCUT2D eigenvalue weighted by Gasteiger charge is -2.43. The molecule has 0 heterocycles. The number of amides is 1. The first-order chi connectivity index (χ1) is 17.1. The van der Waals surface area contributed by atoms with Gasteiger partial charge in [0.05, 0.1) is 18.7 Å². The maximum absolute atomic E-state index is 13.6. The first-order valence-electron chi connectivity index (χ1n) is 12.2. The van der Waals surface area contributed by atoms with E-state index >= 15 is 0 Å². The predicted octanol–water partition coefficient (Wildman–Crippen LogP) is 4.15. The molecule has 0 bridgehead atoms. The summed E-state index contributed by atoms with van der Waals surface area (Å²) in [5.74, 6) is -0.238. The Hall–Kier alpha value is -3.39. The quantitative estimate of drug-likeness (QED) is 0.416. The summed E-state index contributed by atoms with van der Waals surface area (Å²) in [4.78, 5) is 37.7. The highest BCUT2D eigenvalue weighted by Gasteiger charge is 2.46. The Kier molecular flexibility index (Phi) is 8.74. The minimum absolute atomic E-state index is 0.189. The van der Waals surface area contributed by atoms with Crippen molar-refractivity contribution in [2.75, 3.05) is 13.7 Å². The smallest absolute Gasteiger partial charge is 0.407 e. The fraction of sp³-hybridized carbons (Fsp3) is 0.464. The first-order valence-corrected chi connectivity index (χ1v) is 12.2. The molecule has 1 fully saturated rings. The van der Waals surface area contributed by atoms with Crippen molar-refractivity contribution in [2.24, 2.45) is 5.73 Å². The Morgan fingerprint density at radius 1 is 1.03 bits per heavy atom. The van der Waals surface area contributed by atoms with Crippen LogP contribution in [0.1, 0.15) is 62.4 Å². The molecule has 36 heavy (non-hydrogen) atoms. The monoisotopic (exact) mass is 496 g/mol. The van der Waals surface area contributed by atoms with Crippen molar-refractivity contribution >= 4 is 17.8 Å². The number of alkyl carbamates (subject to hydrolysis) is 1. The zero-order valence-electron chi connectivity index (χ0n) is 21.4. The van der Waals surface area contributed by atoms with Crippen molar-refractivity contribution in [3.05, 3.63) is 65.7 Å². The highest BCUT2D eigenvalue weighted by Crippen LogP contribution is 2.43. The number of hydrogen-bond donors (Lipinski definition) is 2. The number of para-hydroxylation sites is 1. The van der Waals surface area contributed by atoms with Crippen LogP contribution in [-0.4, -0.2) is 49.2 Å². The van der Waals surface area contributed by atoms with E-state index in [1.165, 1.54) is 7.11 Å². The van der Waals surface area contributed by atoms with Crippen LogP contribution >= 0.6 is 0 Å². The van der Waals surface area contributed by atoms with Gasteiger partial charge in [0.25, 0.3) is 0 Å². The van der Waals surface area contributed by atoms with Gasteiger partial charge < -0.3 is 25.3 Å². The van der Waals surface area contributed by atoms with Crippen molar-refractivity contribution in [1.29, 1.82) is 0 Å². The second-order valence-corrected chi connectivity index (χ2v) is 10.1. The topological polar surface area (TPSA) is 117 Å². The third kappa shape index (κ3) is 6.63. The van der Waals surface area contributed by atoms with Gasteiger partial charge in [0.15, 0.2) is 5.78 Å². The predicted molar refractivity (Wildman–Crippen MR) is 136 cm³/mol. The molecule has 194 valence electrons. The lowest BCUT2D eigenvalue weighted by molar-refractivity contribution is -0.153. The number of benzene rings is 2. The van der Waals surface area contributed by atoms with Crippen molar-refractivity contribution in [1.82, 2.24) is 5.32 Å². The lowest BCUT2D eigenvalue weighted by atomic mass is 9.63. The second-order valence-electron chi connectivity index (χ2n) is 10.1. The van der Waals surface area contributed by atoms with Crippen LogP contribution in [0.2, 0.25) is 0 Å². The molecule has 8 heteroatoms. The summed E-state index contributed by atoms with van der Waals surface area (Å²) in [7, 11) is 1.53. The molecule has 3 N–H and O–H groups in total. The van der Waals surface area contributed by atoms with Gasteiger partial charge in [-0.25, -0.2) is 4.79 Å². The second kappa shape index (κ2) is 11.6. The summed E-state index contributed by atoms with van der Waals surface area (Å²) in [6.45, 7) is 5.00. The Morgan fingerprint density at radius 2 is 1.64 bits per heavy atom. The number of Topliss-reactive ketones (excluding diaryl/α,β-unsaturated/α-hetero) is 1. The standard InChI is InChI=1S/C28H36N2O6/c1-27(2,3)36-23(31)18-30-26(33)35-20-14-16-28(17-15-20,19-10-6-5-7-11-19)25(29)24(32)21-12-8-9-13-22(21)34-4/h5-13,20,25H,14-18,29H2,1-4H3,(H,30,33). The highest BCUT2D eigenvalue weighted by molar-refractivity contribution is 6.03. The van der Waals surface area contributed by atoms with Gasteiger partial charge in [0.2, 0.25) is 0 Å². The van der Waals surface area contributed by atoms with Gasteiger partial charge in [-0.15, -0.1) is 0 Å². The van der Waals surface area contributed by atoms with Crippen molar-refractivity contribution < 1.29 is 28.6 Å². The maximum Gasteiger partial charge on any atom is 0.407 e. The molecule has 1 atom stereocenters. The lowest BCUT2D eigenvalue weighted by Crippen LogP contribution is -2.53. The van der Waals surface area contributed by atoms with Crippen LogP contribution in [0, 0.1) is 0 Å². The molecule has 1 aliphatic rings. The van der Waals surface area contributed by atoms with E-state index in [9.17, 15) is 14.4 Å². The van der Waals surface area contributed by atoms with Crippen LogP contribution in [-0.2, 0) is 19.7 Å². The molecule has 3 rings (SSSR count). The Balaban J connectivity index is 1.70. The molecule has 1 amide bonds. The van der Waals surface area contributed by atoms with Gasteiger partial charge in [-0.05, 0) is 64.2 Å². The van der Waals surface area contributed by atoms with Crippen molar-refractivity contribution in [3.8, 4) is 5.75 Å². The van der Waals surface area contributed by atoms with Crippen LogP contribution < -0.4 is 15.8 Å². The SMILES string of the molecule is COc1ccccc1C(=O)C(N)C1(c2ccccc2)CCC(OC(=O)NCC(=O)OC(C)(C)C)CC1. The maximum atomic E-state index is 13.6. The van der Waals surface area contributed by atoms with E-state index < -0.39 is 29.1 Å². The average molecular weight is 497 g/mol. The number of ether oxygens (including phenoxy) is 3. The Labute approximate surface area is 212 Å². The van der Waals surface area contributed by atoms with E-state index in [0.29, 0.717) is 37.0 Å².